The predicted molar refractivity (Wildman–Crippen MR) is 146 cm³/mol. The van der Waals surface area contributed by atoms with E-state index in [1.807, 2.05) is 47.0 Å². The summed E-state index contributed by atoms with van der Waals surface area (Å²) in [6, 6.07) is 22.0. The summed E-state index contributed by atoms with van der Waals surface area (Å²) in [4.78, 5) is 26.0. The Balaban J connectivity index is 1.53. The molecule has 192 valence electrons. The minimum absolute atomic E-state index is 0.00208. The van der Waals surface area contributed by atoms with Gasteiger partial charge in [-0.1, -0.05) is 30.3 Å². The van der Waals surface area contributed by atoms with Gasteiger partial charge in [0.25, 0.3) is 0 Å². The molecule has 2 aromatic carbocycles. The number of fused-ring (bicyclic) bond motifs is 1. The average Bonchev–Trinajstić information content (AvgIpc) is 3.32. The fraction of sp³-hybridized carbons (Fsp3) is 0.172. The summed E-state index contributed by atoms with van der Waals surface area (Å²) >= 11 is 0. The molecule has 3 heterocycles. The standard InChI is InChI=1S/C29H28FN7O/c1-19(21-5-3-2-4-6-21)34-29-32-15-12-24(35-29)28-27(22-7-9-23(30)10-8-22)36-25-17-20(13-16-37(25)28)18-33-26(38)11-14-31/h2-10,12-13,15-17,19H,11,14,18,31H2,1H3,(H,33,38)(H,32,34,35)/t19-/m0/s1. The van der Waals surface area contributed by atoms with Crippen LogP contribution in [0.2, 0.25) is 0 Å². The second-order valence-electron chi connectivity index (χ2n) is 8.94. The highest BCUT2D eigenvalue weighted by atomic mass is 19.1. The van der Waals surface area contributed by atoms with Crippen LogP contribution in [0.3, 0.4) is 0 Å². The third kappa shape index (κ3) is 5.52. The van der Waals surface area contributed by atoms with E-state index in [4.69, 9.17) is 15.7 Å². The molecule has 0 aliphatic rings. The van der Waals surface area contributed by atoms with Crippen LogP contribution in [0.1, 0.15) is 30.5 Å². The lowest BCUT2D eigenvalue weighted by Crippen LogP contribution is -2.25. The molecule has 0 aliphatic heterocycles. The summed E-state index contributed by atoms with van der Waals surface area (Å²) in [5.41, 5.74) is 11.0. The van der Waals surface area contributed by atoms with Crippen LogP contribution < -0.4 is 16.4 Å². The SMILES string of the molecule is C[C@H](Nc1nccc(-c2c(-c3ccc(F)cc3)nc3cc(CNC(=O)CCN)ccn23)n1)c1ccccc1. The van der Waals surface area contributed by atoms with Crippen molar-refractivity contribution < 1.29 is 9.18 Å². The topological polar surface area (TPSA) is 110 Å². The van der Waals surface area contributed by atoms with Crippen molar-refractivity contribution in [3.8, 4) is 22.6 Å². The van der Waals surface area contributed by atoms with Crippen LogP contribution in [0.4, 0.5) is 10.3 Å². The van der Waals surface area contributed by atoms with Gasteiger partial charge in [-0.15, -0.1) is 0 Å². The molecule has 8 nitrogen and oxygen atoms in total. The lowest BCUT2D eigenvalue weighted by molar-refractivity contribution is -0.121. The van der Waals surface area contributed by atoms with Crippen molar-refractivity contribution in [1.29, 1.82) is 0 Å². The van der Waals surface area contributed by atoms with E-state index in [1.165, 1.54) is 12.1 Å². The second kappa shape index (κ2) is 11.2. The maximum absolute atomic E-state index is 13.7. The number of pyridine rings is 1. The summed E-state index contributed by atoms with van der Waals surface area (Å²) < 4.78 is 15.6. The molecule has 0 bridgehead atoms. The van der Waals surface area contributed by atoms with E-state index in [9.17, 15) is 9.18 Å². The molecule has 1 atom stereocenters. The minimum Gasteiger partial charge on any atom is -0.352 e. The molecule has 0 saturated carbocycles. The number of nitrogens with two attached hydrogens (primary N) is 1. The van der Waals surface area contributed by atoms with Crippen molar-refractivity contribution in [3.63, 3.8) is 0 Å². The molecule has 0 fully saturated rings. The Morgan fingerprint density at radius 1 is 1.05 bits per heavy atom. The van der Waals surface area contributed by atoms with E-state index < -0.39 is 0 Å². The number of carbonyl (C=O) groups excluding carboxylic acids is 1. The number of aromatic nitrogens is 4. The number of amides is 1. The van der Waals surface area contributed by atoms with Gasteiger partial charge >= 0.3 is 0 Å². The van der Waals surface area contributed by atoms with Crippen LogP contribution >= 0.6 is 0 Å². The van der Waals surface area contributed by atoms with Crippen LogP contribution in [0.15, 0.2) is 85.2 Å². The van der Waals surface area contributed by atoms with Crippen LogP contribution in [0, 0.1) is 5.82 Å². The molecule has 5 rings (SSSR count). The van der Waals surface area contributed by atoms with Gasteiger partial charge in [0.05, 0.1) is 23.1 Å². The number of nitrogens with zero attached hydrogens (tertiary/aromatic N) is 4. The third-order valence-corrected chi connectivity index (χ3v) is 6.21. The van der Waals surface area contributed by atoms with Crippen molar-refractivity contribution >= 4 is 17.5 Å². The van der Waals surface area contributed by atoms with Crippen LogP contribution in [0.5, 0.6) is 0 Å². The van der Waals surface area contributed by atoms with Crippen LogP contribution in [-0.4, -0.2) is 31.8 Å². The fourth-order valence-electron chi connectivity index (χ4n) is 4.25. The number of hydrogen-bond acceptors (Lipinski definition) is 6. The predicted octanol–water partition coefficient (Wildman–Crippen LogP) is 4.74. The van der Waals surface area contributed by atoms with Crippen LogP contribution in [0.25, 0.3) is 28.3 Å². The van der Waals surface area contributed by atoms with Crippen molar-refractivity contribution in [3.05, 3.63) is 102 Å². The molecule has 5 aromatic rings. The smallest absolute Gasteiger partial charge is 0.223 e. The first-order chi connectivity index (χ1) is 18.5. The van der Waals surface area contributed by atoms with Gasteiger partial charge in [0.2, 0.25) is 11.9 Å². The quantitative estimate of drug-likeness (QED) is 0.265. The molecular formula is C29H28FN7O. The highest BCUT2D eigenvalue weighted by molar-refractivity contribution is 5.81. The first-order valence-electron chi connectivity index (χ1n) is 12.4. The van der Waals surface area contributed by atoms with Crippen molar-refractivity contribution in [2.75, 3.05) is 11.9 Å². The van der Waals surface area contributed by atoms with Gasteiger partial charge in [0, 0.05) is 37.5 Å². The monoisotopic (exact) mass is 509 g/mol. The first-order valence-corrected chi connectivity index (χ1v) is 12.4. The molecule has 38 heavy (non-hydrogen) atoms. The van der Waals surface area contributed by atoms with E-state index in [0.29, 0.717) is 36.1 Å². The maximum atomic E-state index is 13.7. The maximum Gasteiger partial charge on any atom is 0.223 e. The zero-order valence-corrected chi connectivity index (χ0v) is 20.9. The zero-order chi connectivity index (χ0) is 26.5. The molecule has 1 amide bonds. The Morgan fingerprint density at radius 3 is 2.61 bits per heavy atom. The molecule has 0 aliphatic carbocycles. The molecule has 0 unspecified atom stereocenters. The van der Waals surface area contributed by atoms with Crippen molar-refractivity contribution in [1.82, 2.24) is 24.7 Å². The largest absolute Gasteiger partial charge is 0.352 e. The highest BCUT2D eigenvalue weighted by Crippen LogP contribution is 2.33. The van der Waals surface area contributed by atoms with E-state index >= 15 is 0 Å². The number of rotatable bonds is 9. The van der Waals surface area contributed by atoms with Gasteiger partial charge in [-0.3, -0.25) is 9.20 Å². The van der Waals surface area contributed by atoms with Gasteiger partial charge in [-0.25, -0.2) is 19.3 Å². The van der Waals surface area contributed by atoms with E-state index in [-0.39, 0.29) is 24.2 Å². The molecule has 3 aromatic heterocycles. The van der Waals surface area contributed by atoms with Gasteiger partial charge < -0.3 is 16.4 Å². The van der Waals surface area contributed by atoms with E-state index in [2.05, 4.69) is 34.7 Å². The fourth-order valence-corrected chi connectivity index (χ4v) is 4.25. The van der Waals surface area contributed by atoms with E-state index in [1.54, 1.807) is 18.3 Å². The lowest BCUT2D eigenvalue weighted by atomic mass is 10.1. The summed E-state index contributed by atoms with van der Waals surface area (Å²) in [7, 11) is 0. The summed E-state index contributed by atoms with van der Waals surface area (Å²) in [6.45, 7) is 2.72. The molecule has 0 saturated heterocycles. The Morgan fingerprint density at radius 2 is 1.84 bits per heavy atom. The molecule has 4 N–H and O–H groups in total. The Labute approximate surface area is 219 Å². The molecule has 0 spiro atoms. The number of nitrogens with one attached hydrogen (secondary N) is 2. The number of carbonyl (C=O) groups is 1. The van der Waals surface area contributed by atoms with Gasteiger partial charge in [0.15, 0.2) is 0 Å². The van der Waals surface area contributed by atoms with Crippen molar-refractivity contribution in [2.45, 2.75) is 25.9 Å². The van der Waals surface area contributed by atoms with E-state index in [0.717, 1.165) is 22.4 Å². The van der Waals surface area contributed by atoms with Gasteiger partial charge in [0.1, 0.15) is 11.5 Å². The van der Waals surface area contributed by atoms with Crippen LogP contribution in [-0.2, 0) is 11.3 Å². The average molecular weight is 510 g/mol. The second-order valence-corrected chi connectivity index (χ2v) is 8.94. The Hall–Kier alpha value is -4.63. The number of hydrogen-bond donors (Lipinski definition) is 3. The van der Waals surface area contributed by atoms with Gasteiger partial charge in [-0.05, 0) is 60.5 Å². The number of benzene rings is 2. The highest BCUT2D eigenvalue weighted by Gasteiger charge is 2.19. The minimum atomic E-state index is -0.321. The number of halogens is 1. The molecular weight excluding hydrogens is 481 g/mol. The first kappa shape index (κ1) is 25.0. The summed E-state index contributed by atoms with van der Waals surface area (Å²) in [5, 5.41) is 6.24. The summed E-state index contributed by atoms with van der Waals surface area (Å²) in [6.07, 6.45) is 3.88. The normalized spacial score (nSPS) is 11.9. The molecule has 0 radical (unpaired) electrons. The lowest BCUT2D eigenvalue weighted by Gasteiger charge is -2.15. The summed E-state index contributed by atoms with van der Waals surface area (Å²) in [5.74, 6) is 0.0604. The Kier molecular flexibility index (Phi) is 7.37. The Bertz CT molecular complexity index is 1550. The zero-order valence-electron chi connectivity index (χ0n) is 20.9. The third-order valence-electron chi connectivity index (χ3n) is 6.21. The number of anilines is 1. The molecule has 9 heteroatoms. The van der Waals surface area contributed by atoms with Gasteiger partial charge in [-0.2, -0.15) is 0 Å². The van der Waals surface area contributed by atoms with Crippen molar-refractivity contribution in [2.24, 2.45) is 5.73 Å². The number of imidazole rings is 1.